The molecule has 2 nitrogen and oxygen atoms in total. The number of rotatable bonds is 2. The zero-order valence-electron chi connectivity index (χ0n) is 12.9. The summed E-state index contributed by atoms with van der Waals surface area (Å²) in [6.07, 6.45) is 2.85. The second kappa shape index (κ2) is 6.41. The van der Waals surface area contributed by atoms with Crippen LogP contribution >= 0.6 is 11.8 Å². The number of nitrogens with zero attached hydrogens (tertiary/aromatic N) is 1. The molecule has 2 aromatic rings. The SMILES string of the molecule is CN(C)c1ccc(/C=C2\CCSc3ccccc3C2=O)cc1. The van der Waals surface area contributed by atoms with Crippen LogP contribution in [0.1, 0.15) is 22.3 Å². The molecule has 0 amide bonds. The van der Waals surface area contributed by atoms with Crippen molar-refractivity contribution >= 4 is 29.3 Å². The molecule has 22 heavy (non-hydrogen) atoms. The average molecular weight is 309 g/mol. The van der Waals surface area contributed by atoms with Gasteiger partial charge in [0, 0.05) is 41.6 Å². The van der Waals surface area contributed by atoms with Crippen molar-refractivity contribution in [3.8, 4) is 0 Å². The molecule has 1 aliphatic rings. The van der Waals surface area contributed by atoms with Crippen LogP contribution in [0, 0.1) is 0 Å². The summed E-state index contributed by atoms with van der Waals surface area (Å²) in [6.45, 7) is 0. The van der Waals surface area contributed by atoms with Crippen LogP contribution in [0.15, 0.2) is 59.0 Å². The lowest BCUT2D eigenvalue weighted by atomic mass is 9.99. The number of benzene rings is 2. The van der Waals surface area contributed by atoms with E-state index < -0.39 is 0 Å². The molecular weight excluding hydrogens is 290 g/mol. The maximum absolute atomic E-state index is 12.7. The lowest BCUT2D eigenvalue weighted by molar-refractivity contribution is 0.103. The molecule has 0 atom stereocenters. The molecule has 3 heteroatoms. The summed E-state index contributed by atoms with van der Waals surface area (Å²) in [4.78, 5) is 15.9. The van der Waals surface area contributed by atoms with E-state index in [0.717, 1.165) is 39.5 Å². The third-order valence-electron chi connectivity index (χ3n) is 3.80. The summed E-state index contributed by atoms with van der Waals surface area (Å²) < 4.78 is 0. The summed E-state index contributed by atoms with van der Waals surface area (Å²) in [6, 6.07) is 16.2. The maximum atomic E-state index is 12.7. The Morgan fingerprint density at radius 2 is 1.77 bits per heavy atom. The van der Waals surface area contributed by atoms with Crippen LogP contribution in [0.2, 0.25) is 0 Å². The summed E-state index contributed by atoms with van der Waals surface area (Å²) >= 11 is 1.77. The lowest BCUT2D eigenvalue weighted by Gasteiger charge is -2.12. The highest BCUT2D eigenvalue weighted by Gasteiger charge is 2.19. The molecule has 1 heterocycles. The van der Waals surface area contributed by atoms with E-state index in [9.17, 15) is 4.79 Å². The van der Waals surface area contributed by atoms with Gasteiger partial charge in [-0.25, -0.2) is 0 Å². The highest BCUT2D eigenvalue weighted by Crippen LogP contribution is 2.31. The largest absolute Gasteiger partial charge is 0.378 e. The molecule has 0 unspecified atom stereocenters. The molecule has 1 aliphatic heterocycles. The van der Waals surface area contributed by atoms with E-state index in [1.54, 1.807) is 11.8 Å². The van der Waals surface area contributed by atoms with E-state index in [-0.39, 0.29) is 5.78 Å². The monoisotopic (exact) mass is 309 g/mol. The first-order valence-electron chi connectivity index (χ1n) is 7.39. The maximum Gasteiger partial charge on any atom is 0.190 e. The van der Waals surface area contributed by atoms with Crippen molar-refractivity contribution in [1.29, 1.82) is 0 Å². The van der Waals surface area contributed by atoms with E-state index in [1.165, 1.54) is 0 Å². The number of anilines is 1. The Kier molecular flexibility index (Phi) is 4.34. The molecule has 2 aromatic carbocycles. The van der Waals surface area contributed by atoms with Crippen molar-refractivity contribution in [2.24, 2.45) is 0 Å². The van der Waals surface area contributed by atoms with Gasteiger partial charge in [-0.2, -0.15) is 0 Å². The molecule has 0 N–H and O–H groups in total. The van der Waals surface area contributed by atoms with Crippen molar-refractivity contribution in [3.63, 3.8) is 0 Å². The number of allylic oxidation sites excluding steroid dienone is 1. The number of fused-ring (bicyclic) bond motifs is 1. The van der Waals surface area contributed by atoms with Crippen LogP contribution < -0.4 is 4.90 Å². The van der Waals surface area contributed by atoms with E-state index in [2.05, 4.69) is 29.2 Å². The fourth-order valence-electron chi connectivity index (χ4n) is 2.55. The van der Waals surface area contributed by atoms with Crippen molar-refractivity contribution in [2.75, 3.05) is 24.7 Å². The molecule has 3 rings (SSSR count). The number of Topliss-reactive ketones (excluding diaryl/α,β-unsaturated/α-hetero) is 1. The molecule has 0 saturated heterocycles. The minimum Gasteiger partial charge on any atom is -0.378 e. The number of carbonyl (C=O) groups excluding carboxylic acids is 1. The molecule has 112 valence electrons. The second-order valence-corrected chi connectivity index (χ2v) is 6.72. The summed E-state index contributed by atoms with van der Waals surface area (Å²) in [5, 5.41) is 0. The number of thioether (sulfide) groups is 1. The van der Waals surface area contributed by atoms with Crippen LogP contribution in [0.4, 0.5) is 5.69 Å². The molecular formula is C19H19NOS. The molecule has 0 radical (unpaired) electrons. The van der Waals surface area contributed by atoms with E-state index in [4.69, 9.17) is 0 Å². The van der Waals surface area contributed by atoms with Gasteiger partial charge in [0.25, 0.3) is 0 Å². The Balaban J connectivity index is 1.92. The van der Waals surface area contributed by atoms with Gasteiger partial charge in [-0.15, -0.1) is 11.8 Å². The van der Waals surface area contributed by atoms with Crippen LogP contribution in [0.3, 0.4) is 0 Å². The third kappa shape index (κ3) is 3.09. The van der Waals surface area contributed by atoms with Crippen LogP contribution in [0.25, 0.3) is 6.08 Å². The number of ketones is 1. The van der Waals surface area contributed by atoms with Gasteiger partial charge in [0.2, 0.25) is 0 Å². The normalized spacial score (nSPS) is 16.3. The lowest BCUT2D eigenvalue weighted by Crippen LogP contribution is -2.08. The van der Waals surface area contributed by atoms with Gasteiger partial charge < -0.3 is 4.90 Å². The topological polar surface area (TPSA) is 20.3 Å². The van der Waals surface area contributed by atoms with Crippen LogP contribution in [-0.2, 0) is 0 Å². The molecule has 0 bridgehead atoms. The Morgan fingerprint density at radius 3 is 2.50 bits per heavy atom. The van der Waals surface area contributed by atoms with Crippen LogP contribution in [-0.4, -0.2) is 25.6 Å². The number of hydrogen-bond donors (Lipinski definition) is 0. The van der Waals surface area contributed by atoms with E-state index >= 15 is 0 Å². The van der Waals surface area contributed by atoms with Gasteiger partial charge in [0.1, 0.15) is 0 Å². The smallest absolute Gasteiger partial charge is 0.190 e. The van der Waals surface area contributed by atoms with Crippen molar-refractivity contribution in [1.82, 2.24) is 0 Å². The third-order valence-corrected chi connectivity index (χ3v) is 4.88. The van der Waals surface area contributed by atoms with Gasteiger partial charge in [-0.1, -0.05) is 24.3 Å². The Morgan fingerprint density at radius 1 is 1.05 bits per heavy atom. The van der Waals surface area contributed by atoms with Gasteiger partial charge in [-0.3, -0.25) is 4.79 Å². The minimum atomic E-state index is 0.164. The molecule has 0 aliphatic carbocycles. The molecule has 0 saturated carbocycles. The van der Waals surface area contributed by atoms with Gasteiger partial charge in [0.15, 0.2) is 5.78 Å². The zero-order valence-corrected chi connectivity index (χ0v) is 13.7. The van der Waals surface area contributed by atoms with Gasteiger partial charge >= 0.3 is 0 Å². The highest BCUT2D eigenvalue weighted by atomic mass is 32.2. The summed E-state index contributed by atoms with van der Waals surface area (Å²) in [5.41, 5.74) is 3.98. The molecule has 0 fully saturated rings. The van der Waals surface area contributed by atoms with Gasteiger partial charge in [0.05, 0.1) is 0 Å². The van der Waals surface area contributed by atoms with Crippen molar-refractivity contribution in [3.05, 3.63) is 65.2 Å². The zero-order chi connectivity index (χ0) is 15.5. The predicted octanol–water partition coefficient (Wildman–Crippen LogP) is 4.51. The second-order valence-electron chi connectivity index (χ2n) is 5.58. The molecule has 0 aromatic heterocycles. The first-order chi connectivity index (χ1) is 10.6. The number of carbonyl (C=O) groups is 1. The fourth-order valence-corrected chi connectivity index (χ4v) is 3.58. The summed E-state index contributed by atoms with van der Waals surface area (Å²) in [7, 11) is 4.05. The summed E-state index contributed by atoms with van der Waals surface area (Å²) in [5.74, 6) is 1.11. The highest BCUT2D eigenvalue weighted by molar-refractivity contribution is 7.99. The number of hydrogen-bond acceptors (Lipinski definition) is 3. The van der Waals surface area contributed by atoms with Crippen LogP contribution in [0.5, 0.6) is 0 Å². The fraction of sp³-hybridized carbons (Fsp3) is 0.211. The first-order valence-corrected chi connectivity index (χ1v) is 8.38. The Hall–Kier alpha value is -2.00. The average Bonchev–Trinajstić information content (AvgIpc) is 2.68. The minimum absolute atomic E-state index is 0.164. The first kappa shape index (κ1) is 14.9. The van der Waals surface area contributed by atoms with E-state index in [1.807, 2.05) is 44.4 Å². The Labute approximate surface area is 135 Å². The van der Waals surface area contributed by atoms with Crippen molar-refractivity contribution in [2.45, 2.75) is 11.3 Å². The van der Waals surface area contributed by atoms with Crippen molar-refractivity contribution < 1.29 is 4.79 Å². The van der Waals surface area contributed by atoms with Gasteiger partial charge in [-0.05, 0) is 42.3 Å². The predicted molar refractivity (Wildman–Crippen MR) is 94.9 cm³/mol. The quantitative estimate of drug-likeness (QED) is 0.761. The Bertz CT molecular complexity index is 716. The molecule has 0 spiro atoms. The van der Waals surface area contributed by atoms with E-state index in [0.29, 0.717) is 0 Å². The standard InChI is InChI=1S/C19H19NOS/c1-20(2)16-9-7-14(8-10-16)13-15-11-12-22-18-6-4-3-5-17(18)19(15)21/h3-10,13H,11-12H2,1-2H3/b15-13+.